The largest absolute Gasteiger partial charge is 0.507 e. The van der Waals surface area contributed by atoms with Crippen LogP contribution < -0.4 is 5.43 Å². The molecule has 15 nitrogen and oxygen atoms in total. The number of aliphatic hydroxyl groups excluding tert-OH is 6. The lowest BCUT2D eigenvalue weighted by Crippen LogP contribution is -2.61. The number of hydrogen-bond donors (Lipinski definition) is 10. The van der Waals surface area contributed by atoms with Crippen LogP contribution in [0.3, 0.4) is 0 Å². The van der Waals surface area contributed by atoms with E-state index >= 15 is 0 Å². The quantitative estimate of drug-likeness (QED) is 0.153. The Morgan fingerprint density at radius 2 is 1.52 bits per heavy atom. The first kappa shape index (κ1) is 30.0. The maximum Gasteiger partial charge on any atom is 0.197 e. The van der Waals surface area contributed by atoms with Gasteiger partial charge in [-0.25, -0.2) is 0 Å². The van der Waals surface area contributed by atoms with Gasteiger partial charge in [-0.05, 0) is 25.1 Å². The first-order valence-electron chi connectivity index (χ1n) is 12.9. The van der Waals surface area contributed by atoms with E-state index in [9.17, 15) is 55.9 Å². The number of fused-ring (bicyclic) bond motifs is 1. The maximum absolute atomic E-state index is 13.2. The third-order valence-electron chi connectivity index (χ3n) is 7.52. The minimum atomic E-state index is -1.88. The Balaban J connectivity index is 1.59. The minimum absolute atomic E-state index is 0.0818. The molecule has 0 radical (unpaired) electrons. The summed E-state index contributed by atoms with van der Waals surface area (Å²) in [6.45, 7) is 0.568. The number of hydrogen-bond acceptors (Lipinski definition) is 15. The fraction of sp³-hybridized carbons (Fsp3) is 0.444. The van der Waals surface area contributed by atoms with Crippen LogP contribution in [0.2, 0.25) is 0 Å². The lowest BCUT2D eigenvalue weighted by molar-refractivity contribution is -0.338. The molecule has 1 aromatic heterocycles. The van der Waals surface area contributed by atoms with E-state index in [1.54, 1.807) is 0 Å². The van der Waals surface area contributed by atoms with E-state index in [4.69, 9.17) is 18.6 Å². The maximum atomic E-state index is 13.2. The van der Waals surface area contributed by atoms with E-state index in [0.717, 1.165) is 24.3 Å². The number of phenolic OH excluding ortho intramolecular Hbond substituents is 4. The highest BCUT2D eigenvalue weighted by molar-refractivity contribution is 5.88. The first-order chi connectivity index (χ1) is 19.8. The van der Waals surface area contributed by atoms with Crippen molar-refractivity contribution in [1.29, 1.82) is 0 Å². The summed E-state index contributed by atoms with van der Waals surface area (Å²) < 4.78 is 22.5. The van der Waals surface area contributed by atoms with Crippen LogP contribution in [0.5, 0.6) is 23.0 Å². The minimum Gasteiger partial charge on any atom is -0.507 e. The molecule has 2 aliphatic rings. The van der Waals surface area contributed by atoms with Crippen molar-refractivity contribution in [1.82, 2.24) is 0 Å². The zero-order valence-corrected chi connectivity index (χ0v) is 21.9. The van der Waals surface area contributed by atoms with E-state index < -0.39 is 107 Å². The summed E-state index contributed by atoms with van der Waals surface area (Å²) in [6, 6.07) is 5.60. The topological polar surface area (TPSA) is 260 Å². The Morgan fingerprint density at radius 1 is 0.810 bits per heavy atom. The summed E-state index contributed by atoms with van der Waals surface area (Å²) in [4.78, 5) is 13.2. The molecule has 42 heavy (non-hydrogen) atoms. The summed E-state index contributed by atoms with van der Waals surface area (Å²) in [7, 11) is 0. The third kappa shape index (κ3) is 5.04. The van der Waals surface area contributed by atoms with Gasteiger partial charge in [0.05, 0.1) is 18.3 Å². The molecule has 10 N–H and O–H groups in total. The van der Waals surface area contributed by atoms with Crippen molar-refractivity contribution < 1.29 is 69.7 Å². The van der Waals surface area contributed by atoms with Crippen molar-refractivity contribution >= 4 is 11.0 Å². The van der Waals surface area contributed by atoms with Crippen LogP contribution in [0.1, 0.15) is 18.6 Å². The molecule has 2 aliphatic heterocycles. The highest BCUT2D eigenvalue weighted by Crippen LogP contribution is 2.46. The van der Waals surface area contributed by atoms with Crippen molar-refractivity contribution in [2.24, 2.45) is 0 Å². The van der Waals surface area contributed by atoms with Crippen LogP contribution in [0, 0.1) is 0 Å². The van der Waals surface area contributed by atoms with Crippen molar-refractivity contribution in [2.45, 2.75) is 68.1 Å². The molecule has 0 saturated carbocycles. The zero-order chi connectivity index (χ0) is 30.6. The van der Waals surface area contributed by atoms with Gasteiger partial charge in [-0.15, -0.1) is 0 Å². The Hall–Kier alpha value is -3.51. The standard InChI is InChI=1S/C27H30O15/c1-8-19(33)22(36)24(38)27(39-8)42-26-23(37)20(34)16(7-28)41-25(26)18-13(32)6-15-17(21(18)35)12(31)5-14(40-15)9-2-3-10(29)11(30)4-9/h2-6,8,16,19-20,22-30,32-38H,7H2,1H3/t8?,16?,19-,20+,22-,23-,24?,25-,26?,27-/m0/s1. The number of ether oxygens (including phenoxy) is 3. The van der Waals surface area contributed by atoms with Gasteiger partial charge in [0.15, 0.2) is 23.2 Å². The molecule has 2 saturated heterocycles. The van der Waals surface area contributed by atoms with Crippen LogP contribution in [0.25, 0.3) is 22.3 Å². The number of phenols is 4. The average molecular weight is 595 g/mol. The zero-order valence-electron chi connectivity index (χ0n) is 21.9. The van der Waals surface area contributed by atoms with E-state index in [0.29, 0.717) is 0 Å². The van der Waals surface area contributed by atoms with Gasteiger partial charge in [0.1, 0.15) is 77.1 Å². The summed E-state index contributed by atoms with van der Waals surface area (Å²) >= 11 is 0. The predicted molar refractivity (Wildman–Crippen MR) is 139 cm³/mol. The molecule has 15 heteroatoms. The van der Waals surface area contributed by atoms with Gasteiger partial charge in [-0.1, -0.05) is 0 Å². The van der Waals surface area contributed by atoms with Gasteiger partial charge in [-0.2, -0.15) is 0 Å². The van der Waals surface area contributed by atoms with Crippen molar-refractivity contribution in [3.8, 4) is 34.3 Å². The molecule has 2 aromatic carbocycles. The van der Waals surface area contributed by atoms with E-state index in [2.05, 4.69) is 0 Å². The average Bonchev–Trinajstić information content (AvgIpc) is 2.94. The molecule has 3 heterocycles. The van der Waals surface area contributed by atoms with Gasteiger partial charge < -0.3 is 69.7 Å². The summed E-state index contributed by atoms with van der Waals surface area (Å²) in [5, 5.41) is 103. The molecule has 228 valence electrons. The summed E-state index contributed by atoms with van der Waals surface area (Å²) in [5.74, 6) is -2.56. The van der Waals surface area contributed by atoms with Gasteiger partial charge in [0.25, 0.3) is 0 Å². The lowest BCUT2D eigenvalue weighted by Gasteiger charge is -2.46. The number of aromatic hydroxyl groups is 4. The van der Waals surface area contributed by atoms with E-state index in [1.807, 2.05) is 0 Å². The molecule has 0 aliphatic carbocycles. The van der Waals surface area contributed by atoms with Crippen LogP contribution in [-0.2, 0) is 14.2 Å². The first-order valence-corrected chi connectivity index (χ1v) is 12.9. The molecule has 10 atom stereocenters. The van der Waals surface area contributed by atoms with Gasteiger partial charge in [-0.3, -0.25) is 4.79 Å². The molecule has 4 unspecified atom stereocenters. The Bertz CT molecular complexity index is 1520. The Morgan fingerprint density at radius 3 is 2.19 bits per heavy atom. The lowest BCUT2D eigenvalue weighted by atomic mass is 9.89. The molecular weight excluding hydrogens is 564 g/mol. The summed E-state index contributed by atoms with van der Waals surface area (Å²) in [5.41, 5.74) is -1.42. The van der Waals surface area contributed by atoms with Gasteiger partial charge in [0, 0.05) is 17.7 Å². The highest BCUT2D eigenvalue weighted by atomic mass is 16.7. The molecular formula is C27H30O15. The second kappa shape index (κ2) is 11.3. The van der Waals surface area contributed by atoms with Crippen molar-refractivity contribution in [2.75, 3.05) is 6.61 Å². The summed E-state index contributed by atoms with van der Waals surface area (Å²) in [6.07, 6.45) is -16.3. The predicted octanol–water partition coefficient (Wildman–Crippen LogP) is -1.35. The third-order valence-corrected chi connectivity index (χ3v) is 7.52. The molecule has 0 spiro atoms. The van der Waals surface area contributed by atoms with Crippen LogP contribution in [-0.4, -0.2) is 113 Å². The second-order valence-corrected chi connectivity index (χ2v) is 10.3. The Labute approximate surface area is 236 Å². The van der Waals surface area contributed by atoms with Gasteiger partial charge in [0.2, 0.25) is 0 Å². The second-order valence-electron chi connectivity index (χ2n) is 10.3. The normalized spacial score (nSPS) is 33.6. The number of rotatable bonds is 5. The molecule has 0 bridgehead atoms. The van der Waals surface area contributed by atoms with Crippen LogP contribution >= 0.6 is 0 Å². The number of benzene rings is 2. The fourth-order valence-electron chi connectivity index (χ4n) is 5.16. The smallest absolute Gasteiger partial charge is 0.197 e. The van der Waals surface area contributed by atoms with Crippen LogP contribution in [0.15, 0.2) is 39.5 Å². The Kier molecular flexibility index (Phi) is 8.06. The molecule has 5 rings (SSSR count). The van der Waals surface area contributed by atoms with Gasteiger partial charge >= 0.3 is 0 Å². The van der Waals surface area contributed by atoms with E-state index in [-0.39, 0.29) is 16.9 Å². The van der Waals surface area contributed by atoms with Crippen LogP contribution in [0.4, 0.5) is 0 Å². The van der Waals surface area contributed by atoms with Crippen molar-refractivity contribution in [3.63, 3.8) is 0 Å². The highest BCUT2D eigenvalue weighted by Gasteiger charge is 2.51. The van der Waals surface area contributed by atoms with E-state index in [1.165, 1.54) is 13.0 Å². The number of aliphatic hydroxyl groups is 6. The molecule has 3 aromatic rings. The molecule has 2 fully saturated rings. The SMILES string of the molecule is CC1O[C@@H](OC2[C@@H](O)[C@H](O)C(CO)O[C@H]2c2c(O)cc3oc(-c4ccc(O)c(O)c4)cc(=O)c3c2O)C(O)[C@@H](O)[C@H]1O. The molecule has 0 amide bonds. The monoisotopic (exact) mass is 594 g/mol. The van der Waals surface area contributed by atoms with Crippen molar-refractivity contribution in [3.05, 3.63) is 46.1 Å². The fourth-order valence-corrected chi connectivity index (χ4v) is 5.16.